The molecule has 2 aromatic heterocycles. The van der Waals surface area contributed by atoms with Crippen molar-refractivity contribution in [1.82, 2.24) is 15.3 Å². The topological polar surface area (TPSA) is 63.4 Å². The van der Waals surface area contributed by atoms with Gasteiger partial charge < -0.3 is 19.4 Å². The first kappa shape index (κ1) is 19.0. The monoisotopic (exact) mass is 384 g/mol. The van der Waals surface area contributed by atoms with Crippen LogP contribution in [0.25, 0.3) is 11.1 Å². The normalized spacial score (nSPS) is 14.0. The number of benzene rings is 1. The lowest BCUT2D eigenvalue weighted by molar-refractivity contribution is 0.419. The standard InChI is InChI=1S/C20H20N4O2.ClH/c1-25-17-7-6-16(24-12-3-10-21-11-13-24)20-19(17)23-18(26-20)8-5-15-4-2-9-22-14-15;/h2,4,6-7,9,14,21H,3,10-13H2,1H3;1H. The summed E-state index contributed by atoms with van der Waals surface area (Å²) in [5.41, 5.74) is 3.28. The number of fused-ring (bicyclic) bond motifs is 1. The second-order valence-corrected chi connectivity index (χ2v) is 6.07. The summed E-state index contributed by atoms with van der Waals surface area (Å²) in [6, 6.07) is 7.73. The summed E-state index contributed by atoms with van der Waals surface area (Å²) < 4.78 is 11.5. The van der Waals surface area contributed by atoms with Crippen molar-refractivity contribution in [3.05, 3.63) is 48.1 Å². The van der Waals surface area contributed by atoms with Crippen LogP contribution in [0.2, 0.25) is 0 Å². The molecule has 0 aliphatic carbocycles. The molecule has 0 saturated carbocycles. The van der Waals surface area contributed by atoms with E-state index < -0.39 is 0 Å². The highest BCUT2D eigenvalue weighted by molar-refractivity contribution is 5.91. The molecule has 0 unspecified atom stereocenters. The molecule has 3 heterocycles. The molecule has 140 valence electrons. The minimum absolute atomic E-state index is 0. The van der Waals surface area contributed by atoms with Crippen molar-refractivity contribution in [3.8, 4) is 17.6 Å². The number of oxazole rings is 1. The first-order valence-corrected chi connectivity index (χ1v) is 8.70. The van der Waals surface area contributed by atoms with Crippen LogP contribution in [0.3, 0.4) is 0 Å². The second kappa shape index (κ2) is 8.76. The Balaban J connectivity index is 0.00000210. The van der Waals surface area contributed by atoms with E-state index in [1.54, 1.807) is 19.5 Å². The van der Waals surface area contributed by atoms with Crippen molar-refractivity contribution in [3.63, 3.8) is 0 Å². The smallest absolute Gasteiger partial charge is 0.274 e. The Bertz CT molecular complexity index is 955. The Labute approximate surface area is 164 Å². The molecule has 7 heteroatoms. The molecule has 6 nitrogen and oxygen atoms in total. The maximum absolute atomic E-state index is 6.01. The van der Waals surface area contributed by atoms with Crippen LogP contribution in [0.1, 0.15) is 17.9 Å². The summed E-state index contributed by atoms with van der Waals surface area (Å²) in [6.45, 7) is 3.90. The molecule has 1 aliphatic heterocycles. The van der Waals surface area contributed by atoms with Crippen molar-refractivity contribution in [2.75, 3.05) is 38.2 Å². The van der Waals surface area contributed by atoms with Gasteiger partial charge in [0.25, 0.3) is 5.89 Å². The molecule has 1 N–H and O–H groups in total. The van der Waals surface area contributed by atoms with Crippen LogP contribution in [0.15, 0.2) is 41.1 Å². The van der Waals surface area contributed by atoms with Crippen LogP contribution >= 0.6 is 12.4 Å². The third-order valence-electron chi connectivity index (χ3n) is 4.36. The first-order valence-electron chi connectivity index (χ1n) is 8.70. The number of ether oxygens (including phenoxy) is 1. The molecule has 3 aromatic rings. The summed E-state index contributed by atoms with van der Waals surface area (Å²) in [5.74, 6) is 7.09. The molecule has 0 spiro atoms. The van der Waals surface area contributed by atoms with Crippen LogP contribution in [0, 0.1) is 11.8 Å². The molecule has 1 saturated heterocycles. The number of hydrogen-bond donors (Lipinski definition) is 1. The van der Waals surface area contributed by atoms with Gasteiger partial charge in [0.05, 0.1) is 12.8 Å². The van der Waals surface area contributed by atoms with E-state index in [1.165, 1.54) is 0 Å². The fourth-order valence-electron chi connectivity index (χ4n) is 3.09. The van der Waals surface area contributed by atoms with E-state index in [0.717, 1.165) is 49.4 Å². The molecule has 1 fully saturated rings. The van der Waals surface area contributed by atoms with E-state index >= 15 is 0 Å². The van der Waals surface area contributed by atoms with Crippen molar-refractivity contribution >= 4 is 29.2 Å². The summed E-state index contributed by atoms with van der Waals surface area (Å²) in [4.78, 5) is 10.9. The Morgan fingerprint density at radius 2 is 2.11 bits per heavy atom. The van der Waals surface area contributed by atoms with E-state index in [1.807, 2.05) is 24.3 Å². The zero-order valence-electron chi connectivity index (χ0n) is 15.1. The number of anilines is 1. The van der Waals surface area contributed by atoms with Gasteiger partial charge in [0.15, 0.2) is 11.1 Å². The van der Waals surface area contributed by atoms with Gasteiger partial charge in [-0.1, -0.05) is 5.92 Å². The fraction of sp³-hybridized carbons (Fsp3) is 0.300. The van der Waals surface area contributed by atoms with Crippen molar-refractivity contribution in [2.24, 2.45) is 0 Å². The predicted molar refractivity (Wildman–Crippen MR) is 108 cm³/mol. The highest BCUT2D eigenvalue weighted by Crippen LogP contribution is 2.34. The van der Waals surface area contributed by atoms with E-state index in [-0.39, 0.29) is 12.4 Å². The fourth-order valence-corrected chi connectivity index (χ4v) is 3.09. The molecule has 0 radical (unpaired) electrons. The molecular weight excluding hydrogens is 364 g/mol. The van der Waals surface area contributed by atoms with Gasteiger partial charge in [0.2, 0.25) is 0 Å². The van der Waals surface area contributed by atoms with Gasteiger partial charge in [-0.25, -0.2) is 0 Å². The summed E-state index contributed by atoms with van der Waals surface area (Å²) in [6.07, 6.45) is 4.53. The average molecular weight is 385 g/mol. The highest BCUT2D eigenvalue weighted by atomic mass is 35.5. The zero-order chi connectivity index (χ0) is 17.8. The number of nitrogens with one attached hydrogen (secondary N) is 1. The molecular formula is C20H21ClN4O2. The van der Waals surface area contributed by atoms with Crippen LogP contribution in [-0.2, 0) is 0 Å². The third kappa shape index (κ3) is 4.16. The van der Waals surface area contributed by atoms with Crippen LogP contribution in [-0.4, -0.2) is 43.3 Å². The maximum atomic E-state index is 6.01. The van der Waals surface area contributed by atoms with Crippen molar-refractivity contribution in [1.29, 1.82) is 0 Å². The minimum Gasteiger partial charge on any atom is -0.494 e. The second-order valence-electron chi connectivity index (χ2n) is 6.07. The van der Waals surface area contributed by atoms with E-state index in [9.17, 15) is 0 Å². The predicted octanol–water partition coefficient (Wildman–Crippen LogP) is 2.85. The summed E-state index contributed by atoms with van der Waals surface area (Å²) in [7, 11) is 1.64. The quantitative estimate of drug-likeness (QED) is 0.685. The van der Waals surface area contributed by atoms with Crippen LogP contribution in [0.5, 0.6) is 5.75 Å². The van der Waals surface area contributed by atoms with Gasteiger partial charge in [-0.3, -0.25) is 4.98 Å². The number of aromatic nitrogens is 2. The molecule has 0 bridgehead atoms. The number of rotatable bonds is 2. The van der Waals surface area contributed by atoms with Crippen molar-refractivity contribution in [2.45, 2.75) is 6.42 Å². The largest absolute Gasteiger partial charge is 0.494 e. The van der Waals surface area contributed by atoms with Gasteiger partial charge in [0, 0.05) is 37.6 Å². The molecule has 27 heavy (non-hydrogen) atoms. The zero-order valence-corrected chi connectivity index (χ0v) is 15.9. The highest BCUT2D eigenvalue weighted by Gasteiger charge is 2.19. The maximum Gasteiger partial charge on any atom is 0.274 e. The van der Waals surface area contributed by atoms with Crippen LogP contribution < -0.4 is 15.0 Å². The molecule has 0 amide bonds. The Hall–Kier alpha value is -2.75. The number of nitrogens with zero attached hydrogens (tertiary/aromatic N) is 3. The third-order valence-corrected chi connectivity index (χ3v) is 4.36. The number of hydrogen-bond acceptors (Lipinski definition) is 6. The Morgan fingerprint density at radius 3 is 2.93 bits per heavy atom. The lowest BCUT2D eigenvalue weighted by Crippen LogP contribution is -2.27. The molecule has 1 aromatic carbocycles. The van der Waals surface area contributed by atoms with Gasteiger partial charge in [-0.15, -0.1) is 12.4 Å². The van der Waals surface area contributed by atoms with Gasteiger partial charge >= 0.3 is 0 Å². The lowest BCUT2D eigenvalue weighted by Gasteiger charge is -2.22. The number of methoxy groups -OCH3 is 1. The van der Waals surface area contributed by atoms with E-state index in [4.69, 9.17) is 9.15 Å². The number of halogens is 1. The Morgan fingerprint density at radius 1 is 1.19 bits per heavy atom. The Kier molecular flexibility index (Phi) is 6.17. The SMILES string of the molecule is COc1ccc(N2CCCNCC2)c2oc(C#Cc3cccnc3)nc12.Cl. The van der Waals surface area contributed by atoms with Crippen LogP contribution in [0.4, 0.5) is 5.69 Å². The molecule has 0 atom stereocenters. The molecule has 4 rings (SSSR count). The van der Waals surface area contributed by atoms with Gasteiger partial charge in [-0.2, -0.15) is 4.98 Å². The van der Waals surface area contributed by atoms with E-state index in [0.29, 0.717) is 17.2 Å². The summed E-state index contributed by atoms with van der Waals surface area (Å²) in [5, 5.41) is 3.42. The first-order chi connectivity index (χ1) is 12.8. The summed E-state index contributed by atoms with van der Waals surface area (Å²) >= 11 is 0. The van der Waals surface area contributed by atoms with Gasteiger partial charge in [-0.05, 0) is 43.2 Å². The van der Waals surface area contributed by atoms with Gasteiger partial charge in [0.1, 0.15) is 5.75 Å². The number of pyridine rings is 1. The van der Waals surface area contributed by atoms with E-state index in [2.05, 4.69) is 32.0 Å². The average Bonchev–Trinajstić information content (AvgIpc) is 2.93. The minimum atomic E-state index is 0. The lowest BCUT2D eigenvalue weighted by atomic mass is 10.2. The molecule has 1 aliphatic rings. The van der Waals surface area contributed by atoms with Crippen molar-refractivity contribution < 1.29 is 9.15 Å².